The van der Waals surface area contributed by atoms with Crippen molar-refractivity contribution >= 4 is 5.91 Å². The largest absolute Gasteiger partial charge is 0.355 e. The van der Waals surface area contributed by atoms with Crippen molar-refractivity contribution in [3.8, 4) is 0 Å². The van der Waals surface area contributed by atoms with E-state index in [-0.39, 0.29) is 11.7 Å². The molecule has 1 aromatic carbocycles. The fourth-order valence-corrected chi connectivity index (χ4v) is 1.77. The predicted molar refractivity (Wildman–Crippen MR) is 68.7 cm³/mol. The van der Waals surface area contributed by atoms with Crippen LogP contribution in [0.25, 0.3) is 0 Å². The minimum atomic E-state index is -0.230. The van der Waals surface area contributed by atoms with Crippen LogP contribution in [-0.4, -0.2) is 25.5 Å². The maximum absolute atomic E-state index is 12.7. The van der Waals surface area contributed by atoms with Gasteiger partial charge in [0, 0.05) is 6.54 Å². The van der Waals surface area contributed by atoms with Gasteiger partial charge >= 0.3 is 0 Å². The third-order valence-corrected chi connectivity index (χ3v) is 3.06. The first-order valence-corrected chi connectivity index (χ1v) is 6.46. The van der Waals surface area contributed by atoms with E-state index in [9.17, 15) is 9.18 Å². The van der Waals surface area contributed by atoms with E-state index in [1.54, 1.807) is 12.1 Å². The lowest BCUT2D eigenvalue weighted by Gasteiger charge is -2.06. The summed E-state index contributed by atoms with van der Waals surface area (Å²) >= 11 is 0. The summed E-state index contributed by atoms with van der Waals surface area (Å²) < 4.78 is 12.7. The Hall–Kier alpha value is -1.42. The molecule has 1 fully saturated rings. The lowest BCUT2D eigenvalue weighted by molar-refractivity contribution is -0.120. The molecule has 0 aromatic heterocycles. The summed E-state index contributed by atoms with van der Waals surface area (Å²) in [6.45, 7) is 1.93. The molecule has 98 valence electrons. The van der Waals surface area contributed by atoms with E-state index in [0.717, 1.165) is 24.4 Å². The van der Waals surface area contributed by atoms with Crippen molar-refractivity contribution < 1.29 is 9.18 Å². The van der Waals surface area contributed by atoms with Crippen LogP contribution in [0, 0.1) is 11.7 Å². The van der Waals surface area contributed by atoms with Crippen molar-refractivity contribution in [3.63, 3.8) is 0 Å². The average Bonchev–Trinajstić information content (AvgIpc) is 3.16. The highest BCUT2D eigenvalue weighted by Gasteiger charge is 2.20. The van der Waals surface area contributed by atoms with Crippen molar-refractivity contribution in [3.05, 3.63) is 35.6 Å². The van der Waals surface area contributed by atoms with Crippen LogP contribution >= 0.6 is 0 Å². The number of hydrogen-bond acceptors (Lipinski definition) is 2. The topological polar surface area (TPSA) is 41.1 Å². The van der Waals surface area contributed by atoms with Crippen LogP contribution in [0.2, 0.25) is 0 Å². The normalized spacial score (nSPS) is 14.5. The average molecular weight is 250 g/mol. The minimum absolute atomic E-state index is 0.0257. The van der Waals surface area contributed by atoms with E-state index in [1.165, 1.54) is 25.0 Å². The van der Waals surface area contributed by atoms with Gasteiger partial charge in [0.15, 0.2) is 0 Å². The summed E-state index contributed by atoms with van der Waals surface area (Å²) in [7, 11) is 0. The second-order valence-electron chi connectivity index (χ2n) is 4.80. The summed E-state index contributed by atoms with van der Waals surface area (Å²) in [5.74, 6) is 0.585. The molecule has 0 spiro atoms. The molecule has 0 unspecified atom stereocenters. The second-order valence-corrected chi connectivity index (χ2v) is 4.80. The van der Waals surface area contributed by atoms with E-state index in [4.69, 9.17) is 0 Å². The summed E-state index contributed by atoms with van der Waals surface area (Å²) in [6.07, 6.45) is 3.31. The van der Waals surface area contributed by atoms with E-state index < -0.39 is 0 Å². The number of carbonyl (C=O) groups excluding carboxylic acids is 1. The number of amides is 1. The summed E-state index contributed by atoms with van der Waals surface area (Å²) in [5.41, 5.74) is 1.03. The van der Waals surface area contributed by atoms with Crippen molar-refractivity contribution in [2.24, 2.45) is 5.92 Å². The predicted octanol–water partition coefficient (Wildman–Crippen LogP) is 1.48. The zero-order chi connectivity index (χ0) is 12.8. The summed E-state index contributed by atoms with van der Waals surface area (Å²) in [4.78, 5) is 11.5. The smallest absolute Gasteiger partial charge is 0.233 e. The van der Waals surface area contributed by atoms with Crippen molar-refractivity contribution in [1.29, 1.82) is 0 Å². The molecule has 0 bridgehead atoms. The molecule has 2 rings (SSSR count). The highest BCUT2D eigenvalue weighted by molar-refractivity contribution is 5.77. The zero-order valence-corrected chi connectivity index (χ0v) is 10.4. The molecule has 1 aromatic rings. The van der Waals surface area contributed by atoms with Gasteiger partial charge in [0.25, 0.3) is 0 Å². The maximum Gasteiger partial charge on any atom is 0.233 e. The van der Waals surface area contributed by atoms with Crippen LogP contribution in [0.3, 0.4) is 0 Å². The number of benzene rings is 1. The molecule has 4 heteroatoms. The molecule has 0 aliphatic heterocycles. The van der Waals surface area contributed by atoms with Crippen LogP contribution in [0.15, 0.2) is 24.3 Å². The first kappa shape index (κ1) is 13.0. The van der Waals surface area contributed by atoms with Gasteiger partial charge in [0.05, 0.1) is 6.54 Å². The fraction of sp³-hybridized carbons (Fsp3) is 0.500. The molecular weight excluding hydrogens is 231 g/mol. The molecule has 2 N–H and O–H groups in total. The van der Waals surface area contributed by atoms with E-state index in [0.29, 0.717) is 13.1 Å². The molecule has 1 saturated carbocycles. The van der Waals surface area contributed by atoms with Gasteiger partial charge in [-0.15, -0.1) is 0 Å². The molecule has 1 aliphatic carbocycles. The molecule has 0 heterocycles. The number of rotatable bonds is 7. The van der Waals surface area contributed by atoms with Crippen molar-refractivity contribution in [1.82, 2.24) is 10.6 Å². The Morgan fingerprint density at radius 3 is 2.67 bits per heavy atom. The SMILES string of the molecule is O=C(CNCC1CC1)NCCc1ccc(F)cc1. The van der Waals surface area contributed by atoms with E-state index >= 15 is 0 Å². The Balaban J connectivity index is 1.56. The molecule has 1 amide bonds. The standard InChI is InChI=1S/C14H19FN2O/c15-13-5-3-11(4-6-13)7-8-17-14(18)10-16-9-12-1-2-12/h3-6,12,16H,1-2,7-10H2,(H,17,18). The summed E-state index contributed by atoms with van der Waals surface area (Å²) in [6, 6.07) is 6.36. The van der Waals surface area contributed by atoms with Crippen LogP contribution in [0.1, 0.15) is 18.4 Å². The Labute approximate surface area is 107 Å². The number of carbonyl (C=O) groups is 1. The zero-order valence-electron chi connectivity index (χ0n) is 10.4. The van der Waals surface area contributed by atoms with Gasteiger partial charge < -0.3 is 10.6 Å². The lowest BCUT2D eigenvalue weighted by Crippen LogP contribution is -2.35. The van der Waals surface area contributed by atoms with Gasteiger partial charge in [-0.1, -0.05) is 12.1 Å². The highest BCUT2D eigenvalue weighted by Crippen LogP contribution is 2.27. The first-order chi connectivity index (χ1) is 8.74. The highest BCUT2D eigenvalue weighted by atomic mass is 19.1. The van der Waals surface area contributed by atoms with Gasteiger partial charge in [-0.3, -0.25) is 4.79 Å². The van der Waals surface area contributed by atoms with Crippen LogP contribution in [0.4, 0.5) is 4.39 Å². The molecule has 1 aliphatic rings. The van der Waals surface area contributed by atoms with Gasteiger partial charge in [-0.25, -0.2) is 4.39 Å². The Bertz CT molecular complexity index is 387. The maximum atomic E-state index is 12.7. The van der Waals surface area contributed by atoms with E-state index in [1.807, 2.05) is 0 Å². The molecule has 0 atom stereocenters. The van der Waals surface area contributed by atoms with Crippen LogP contribution in [0.5, 0.6) is 0 Å². The number of hydrogen-bond donors (Lipinski definition) is 2. The van der Waals surface area contributed by atoms with Crippen LogP contribution < -0.4 is 10.6 Å². The first-order valence-electron chi connectivity index (χ1n) is 6.46. The Morgan fingerprint density at radius 1 is 1.28 bits per heavy atom. The molecular formula is C14H19FN2O. The number of halogens is 1. The quantitative estimate of drug-likeness (QED) is 0.769. The third-order valence-electron chi connectivity index (χ3n) is 3.06. The molecule has 0 saturated heterocycles. The Morgan fingerprint density at radius 2 is 2.00 bits per heavy atom. The monoisotopic (exact) mass is 250 g/mol. The lowest BCUT2D eigenvalue weighted by atomic mass is 10.1. The van der Waals surface area contributed by atoms with Crippen molar-refractivity contribution in [2.45, 2.75) is 19.3 Å². The van der Waals surface area contributed by atoms with Gasteiger partial charge in [-0.05, 0) is 49.4 Å². The number of nitrogens with one attached hydrogen (secondary N) is 2. The second kappa shape index (κ2) is 6.50. The molecule has 0 radical (unpaired) electrons. The van der Waals surface area contributed by atoms with Gasteiger partial charge in [0.1, 0.15) is 5.82 Å². The van der Waals surface area contributed by atoms with Crippen molar-refractivity contribution in [2.75, 3.05) is 19.6 Å². The molecule has 18 heavy (non-hydrogen) atoms. The molecule has 3 nitrogen and oxygen atoms in total. The van der Waals surface area contributed by atoms with Crippen LogP contribution in [-0.2, 0) is 11.2 Å². The Kier molecular flexibility index (Phi) is 4.70. The minimum Gasteiger partial charge on any atom is -0.355 e. The van der Waals surface area contributed by atoms with Gasteiger partial charge in [0.2, 0.25) is 5.91 Å². The summed E-state index contributed by atoms with van der Waals surface area (Å²) in [5, 5.41) is 5.99. The third kappa shape index (κ3) is 4.84. The fourth-order valence-electron chi connectivity index (χ4n) is 1.77. The van der Waals surface area contributed by atoms with E-state index in [2.05, 4.69) is 10.6 Å². The van der Waals surface area contributed by atoms with Gasteiger partial charge in [-0.2, -0.15) is 0 Å².